The van der Waals surface area contributed by atoms with E-state index in [0.717, 1.165) is 34.4 Å². The zero-order valence-corrected chi connectivity index (χ0v) is 16.3. The summed E-state index contributed by atoms with van der Waals surface area (Å²) < 4.78 is 39.7. The van der Waals surface area contributed by atoms with Gasteiger partial charge in [-0.05, 0) is 25.1 Å². The van der Waals surface area contributed by atoms with Crippen molar-refractivity contribution in [1.29, 1.82) is 0 Å². The fraction of sp³-hybridized carbons (Fsp3) is 0.353. The summed E-state index contributed by atoms with van der Waals surface area (Å²) in [5, 5.41) is 14.9. The van der Waals surface area contributed by atoms with Crippen molar-refractivity contribution >= 4 is 27.9 Å². The molecule has 7 nitrogen and oxygen atoms in total. The third-order valence-electron chi connectivity index (χ3n) is 3.69. The number of alkyl halides is 3. The third kappa shape index (κ3) is 5.32. The zero-order chi connectivity index (χ0) is 20.9. The first-order valence-electron chi connectivity index (χ1n) is 8.19. The highest BCUT2D eigenvalue weighted by Gasteiger charge is 2.38. The smallest absolute Gasteiger partial charge is 0.475 e. The summed E-state index contributed by atoms with van der Waals surface area (Å²) in [6.07, 6.45) is -4.24. The number of fused-ring (bicyclic) bond motifs is 1. The highest BCUT2D eigenvalue weighted by Crippen LogP contribution is 2.24. The molecule has 0 amide bonds. The summed E-state index contributed by atoms with van der Waals surface area (Å²) >= 11 is 3.47. The van der Waals surface area contributed by atoms with Crippen molar-refractivity contribution in [3.8, 4) is 5.69 Å². The van der Waals surface area contributed by atoms with E-state index >= 15 is 0 Å². The van der Waals surface area contributed by atoms with E-state index in [4.69, 9.17) is 14.6 Å². The minimum atomic E-state index is -5.08. The molecule has 0 saturated carbocycles. The molecule has 0 aliphatic carbocycles. The lowest BCUT2D eigenvalue weighted by atomic mass is 10.1. The second kappa shape index (κ2) is 9.20. The van der Waals surface area contributed by atoms with Crippen LogP contribution in [-0.2, 0) is 22.5 Å². The second-order valence-corrected chi connectivity index (χ2v) is 6.53. The average Bonchev–Trinajstić information content (AvgIpc) is 3.01. The van der Waals surface area contributed by atoms with Crippen LogP contribution in [0.4, 0.5) is 13.2 Å². The Bertz CT molecular complexity index is 868. The zero-order valence-electron chi connectivity index (χ0n) is 14.7. The Kier molecular flexibility index (Phi) is 7.19. The number of aliphatic carboxylic acids is 1. The fourth-order valence-electron chi connectivity index (χ4n) is 2.53. The second-order valence-electron chi connectivity index (χ2n) is 5.62. The van der Waals surface area contributed by atoms with Gasteiger partial charge in [-0.15, -0.1) is 0 Å². The van der Waals surface area contributed by atoms with Gasteiger partial charge < -0.3 is 15.2 Å². The van der Waals surface area contributed by atoms with Crippen molar-refractivity contribution in [3.05, 3.63) is 45.7 Å². The van der Waals surface area contributed by atoms with Gasteiger partial charge in [0.1, 0.15) is 0 Å². The molecule has 1 aliphatic heterocycles. The number of rotatable bonds is 3. The molecule has 152 valence electrons. The van der Waals surface area contributed by atoms with E-state index in [0.29, 0.717) is 18.8 Å². The number of esters is 1. The SMILES string of the molecule is CCOC(=O)c1nn(-c2cccc(Br)c2)c2c1CNCC2.O=C(O)C(F)(F)F. The number of nitrogens with one attached hydrogen (secondary N) is 1. The standard InChI is InChI=1S/C15H16BrN3O2.C2HF3O2/c1-2-21-15(20)14-12-9-17-7-6-13(12)19(18-14)11-5-3-4-10(16)8-11;3-2(4,5)1(6)7/h3-5,8,17H,2,6-7,9H2,1H3;(H,6,7). The molecular weight excluding hydrogens is 447 g/mol. The summed E-state index contributed by atoms with van der Waals surface area (Å²) in [7, 11) is 0. The highest BCUT2D eigenvalue weighted by atomic mass is 79.9. The number of hydrogen-bond acceptors (Lipinski definition) is 5. The molecule has 2 heterocycles. The average molecular weight is 464 g/mol. The number of hydrogen-bond donors (Lipinski definition) is 2. The van der Waals surface area contributed by atoms with E-state index in [1.807, 2.05) is 28.9 Å². The number of carbonyl (C=O) groups excluding carboxylic acids is 1. The van der Waals surface area contributed by atoms with Crippen LogP contribution in [0.2, 0.25) is 0 Å². The number of benzene rings is 1. The summed E-state index contributed by atoms with van der Waals surface area (Å²) in [5.74, 6) is -3.11. The summed E-state index contributed by atoms with van der Waals surface area (Å²) in [6.45, 7) is 3.69. The lowest BCUT2D eigenvalue weighted by molar-refractivity contribution is -0.192. The Balaban J connectivity index is 0.000000345. The van der Waals surface area contributed by atoms with Crippen LogP contribution < -0.4 is 5.32 Å². The van der Waals surface area contributed by atoms with Crippen LogP contribution >= 0.6 is 15.9 Å². The minimum absolute atomic E-state index is 0.352. The predicted molar refractivity (Wildman–Crippen MR) is 96.3 cm³/mol. The first-order valence-corrected chi connectivity index (χ1v) is 8.99. The molecule has 1 aromatic carbocycles. The molecular formula is C17H17BrF3N3O4. The molecule has 1 aromatic heterocycles. The Morgan fingerprint density at radius 3 is 2.64 bits per heavy atom. The minimum Gasteiger partial charge on any atom is -0.475 e. The van der Waals surface area contributed by atoms with Gasteiger partial charge >= 0.3 is 18.1 Å². The molecule has 11 heteroatoms. The van der Waals surface area contributed by atoms with Gasteiger partial charge in [-0.1, -0.05) is 22.0 Å². The molecule has 0 radical (unpaired) electrons. The number of carboxylic acid groups (broad SMARTS) is 1. The lowest BCUT2D eigenvalue weighted by Gasteiger charge is -2.15. The van der Waals surface area contributed by atoms with Gasteiger partial charge in [0, 0.05) is 29.5 Å². The van der Waals surface area contributed by atoms with Crippen LogP contribution in [0, 0.1) is 0 Å². The number of ether oxygens (including phenoxy) is 1. The Morgan fingerprint density at radius 2 is 2.07 bits per heavy atom. The van der Waals surface area contributed by atoms with Crippen LogP contribution in [0.5, 0.6) is 0 Å². The number of nitrogens with zero attached hydrogens (tertiary/aromatic N) is 2. The van der Waals surface area contributed by atoms with E-state index < -0.39 is 12.1 Å². The van der Waals surface area contributed by atoms with E-state index in [-0.39, 0.29) is 5.97 Å². The maximum absolute atomic E-state index is 12.1. The molecule has 0 bridgehead atoms. The van der Waals surface area contributed by atoms with Gasteiger partial charge in [0.15, 0.2) is 5.69 Å². The van der Waals surface area contributed by atoms with Crippen molar-refractivity contribution < 1.29 is 32.6 Å². The summed E-state index contributed by atoms with van der Waals surface area (Å²) in [4.78, 5) is 21.0. The Labute approximate surface area is 166 Å². The van der Waals surface area contributed by atoms with Crippen LogP contribution in [0.25, 0.3) is 5.69 Å². The molecule has 0 spiro atoms. The van der Waals surface area contributed by atoms with Gasteiger partial charge in [-0.25, -0.2) is 14.3 Å². The fourth-order valence-corrected chi connectivity index (χ4v) is 2.92. The molecule has 0 atom stereocenters. The van der Waals surface area contributed by atoms with Crippen LogP contribution in [0.3, 0.4) is 0 Å². The summed E-state index contributed by atoms with van der Waals surface area (Å²) in [6, 6.07) is 7.89. The first-order chi connectivity index (χ1) is 13.1. The first kappa shape index (κ1) is 21.9. The Hall–Kier alpha value is -2.40. The predicted octanol–water partition coefficient (Wildman–Crippen LogP) is 3.09. The van der Waals surface area contributed by atoms with E-state index in [1.54, 1.807) is 6.92 Å². The van der Waals surface area contributed by atoms with Gasteiger partial charge in [0.25, 0.3) is 0 Å². The maximum atomic E-state index is 12.1. The molecule has 0 fully saturated rings. The van der Waals surface area contributed by atoms with Crippen LogP contribution in [-0.4, -0.2) is 46.2 Å². The largest absolute Gasteiger partial charge is 0.490 e. The van der Waals surface area contributed by atoms with E-state index in [1.165, 1.54) is 0 Å². The molecule has 0 unspecified atom stereocenters. The van der Waals surface area contributed by atoms with Gasteiger partial charge in [-0.2, -0.15) is 18.3 Å². The lowest BCUT2D eigenvalue weighted by Crippen LogP contribution is -2.25. The maximum Gasteiger partial charge on any atom is 0.490 e. The van der Waals surface area contributed by atoms with Crippen molar-refractivity contribution in [2.45, 2.75) is 26.1 Å². The molecule has 1 aliphatic rings. The van der Waals surface area contributed by atoms with Crippen molar-refractivity contribution in [3.63, 3.8) is 0 Å². The van der Waals surface area contributed by atoms with Crippen molar-refractivity contribution in [2.24, 2.45) is 0 Å². The third-order valence-corrected chi connectivity index (χ3v) is 4.19. The van der Waals surface area contributed by atoms with Gasteiger partial charge in [0.05, 0.1) is 18.0 Å². The van der Waals surface area contributed by atoms with Gasteiger partial charge in [-0.3, -0.25) is 0 Å². The number of aromatic nitrogens is 2. The molecule has 0 saturated heterocycles. The number of carboxylic acids is 1. The normalized spacial score (nSPS) is 13.2. The summed E-state index contributed by atoms with van der Waals surface area (Å²) in [5.41, 5.74) is 3.38. The van der Waals surface area contributed by atoms with E-state index in [2.05, 4.69) is 26.3 Å². The van der Waals surface area contributed by atoms with Crippen LogP contribution in [0.1, 0.15) is 28.7 Å². The molecule has 28 heavy (non-hydrogen) atoms. The Morgan fingerprint density at radius 1 is 1.39 bits per heavy atom. The van der Waals surface area contributed by atoms with Gasteiger partial charge in [0.2, 0.25) is 0 Å². The molecule has 2 aromatic rings. The van der Waals surface area contributed by atoms with E-state index in [9.17, 15) is 18.0 Å². The van der Waals surface area contributed by atoms with Crippen LogP contribution in [0.15, 0.2) is 28.7 Å². The monoisotopic (exact) mass is 463 g/mol. The quantitative estimate of drug-likeness (QED) is 0.679. The highest BCUT2D eigenvalue weighted by molar-refractivity contribution is 9.10. The van der Waals surface area contributed by atoms with Crippen molar-refractivity contribution in [2.75, 3.05) is 13.2 Å². The molecule has 3 rings (SSSR count). The van der Waals surface area contributed by atoms with Crippen molar-refractivity contribution in [1.82, 2.24) is 15.1 Å². The topological polar surface area (TPSA) is 93.5 Å². The number of carbonyl (C=O) groups is 2. The molecule has 2 N–H and O–H groups in total. The number of halogens is 4.